The summed E-state index contributed by atoms with van der Waals surface area (Å²) in [6, 6.07) is 18.7. The standard InChI is InChI=1S/C25H26FN3O/c26-22-8-6-19(7-9-22)4-5-20-2-1-3-23(18-20)28-25(30)21-12-16-29(17-13-21)24-10-14-27-15-11-24/h1-3,6-11,14-15,18,21H,4-5,12-13,16-17H2,(H,28,30). The van der Waals surface area contributed by atoms with E-state index in [1.165, 1.54) is 12.1 Å². The third-order valence-electron chi connectivity index (χ3n) is 5.70. The number of nitrogens with one attached hydrogen (secondary N) is 1. The molecule has 0 bridgehead atoms. The number of aryl methyl sites for hydroxylation is 2. The van der Waals surface area contributed by atoms with Gasteiger partial charge in [0.1, 0.15) is 5.82 Å². The molecule has 1 N–H and O–H groups in total. The number of amides is 1. The lowest BCUT2D eigenvalue weighted by Gasteiger charge is -2.32. The molecule has 0 radical (unpaired) electrons. The van der Waals surface area contributed by atoms with E-state index < -0.39 is 0 Å². The number of hydrogen-bond donors (Lipinski definition) is 1. The zero-order valence-corrected chi connectivity index (χ0v) is 16.9. The van der Waals surface area contributed by atoms with E-state index in [2.05, 4.69) is 21.3 Å². The van der Waals surface area contributed by atoms with Gasteiger partial charge in [-0.2, -0.15) is 0 Å². The number of anilines is 2. The van der Waals surface area contributed by atoms with Crippen molar-refractivity contribution in [3.8, 4) is 0 Å². The van der Waals surface area contributed by atoms with Crippen molar-refractivity contribution in [3.05, 3.63) is 90.0 Å². The number of piperidine rings is 1. The van der Waals surface area contributed by atoms with Gasteiger partial charge < -0.3 is 10.2 Å². The van der Waals surface area contributed by atoms with E-state index in [9.17, 15) is 9.18 Å². The summed E-state index contributed by atoms with van der Waals surface area (Å²) in [5.41, 5.74) is 4.27. The minimum Gasteiger partial charge on any atom is -0.371 e. The maximum Gasteiger partial charge on any atom is 0.227 e. The summed E-state index contributed by atoms with van der Waals surface area (Å²) in [6.07, 6.45) is 6.98. The predicted molar refractivity (Wildman–Crippen MR) is 118 cm³/mol. The highest BCUT2D eigenvalue weighted by Gasteiger charge is 2.25. The van der Waals surface area contributed by atoms with E-state index in [0.717, 1.165) is 61.3 Å². The van der Waals surface area contributed by atoms with Gasteiger partial charge in [-0.1, -0.05) is 24.3 Å². The third kappa shape index (κ3) is 5.23. The third-order valence-corrected chi connectivity index (χ3v) is 5.70. The molecule has 1 amide bonds. The molecule has 0 aliphatic carbocycles. The molecule has 154 valence electrons. The second kappa shape index (κ2) is 9.53. The fraction of sp³-hybridized carbons (Fsp3) is 0.280. The molecule has 1 aliphatic rings. The van der Waals surface area contributed by atoms with Gasteiger partial charge in [-0.25, -0.2) is 4.39 Å². The molecule has 1 saturated heterocycles. The Bertz CT molecular complexity index is 967. The van der Waals surface area contributed by atoms with Crippen molar-refractivity contribution in [1.82, 2.24) is 4.98 Å². The lowest BCUT2D eigenvalue weighted by Crippen LogP contribution is -2.38. The van der Waals surface area contributed by atoms with Gasteiger partial charge in [0.05, 0.1) is 0 Å². The van der Waals surface area contributed by atoms with Gasteiger partial charge in [0, 0.05) is 42.8 Å². The molecule has 4 nitrogen and oxygen atoms in total. The van der Waals surface area contributed by atoms with Crippen LogP contribution < -0.4 is 10.2 Å². The van der Waals surface area contributed by atoms with Crippen molar-refractivity contribution >= 4 is 17.3 Å². The van der Waals surface area contributed by atoms with Gasteiger partial charge in [0.2, 0.25) is 5.91 Å². The quantitative estimate of drug-likeness (QED) is 0.639. The first-order valence-electron chi connectivity index (χ1n) is 10.5. The monoisotopic (exact) mass is 403 g/mol. The maximum absolute atomic E-state index is 13.0. The second-order valence-electron chi connectivity index (χ2n) is 7.78. The summed E-state index contributed by atoms with van der Waals surface area (Å²) >= 11 is 0. The molecule has 0 atom stereocenters. The zero-order valence-electron chi connectivity index (χ0n) is 16.9. The van der Waals surface area contributed by atoms with Crippen molar-refractivity contribution in [2.75, 3.05) is 23.3 Å². The summed E-state index contributed by atoms with van der Waals surface area (Å²) in [6.45, 7) is 1.75. The highest BCUT2D eigenvalue weighted by molar-refractivity contribution is 5.92. The number of benzene rings is 2. The smallest absolute Gasteiger partial charge is 0.227 e. The van der Waals surface area contributed by atoms with Crippen LogP contribution in [0.4, 0.5) is 15.8 Å². The molecule has 1 fully saturated rings. The van der Waals surface area contributed by atoms with Crippen molar-refractivity contribution in [2.45, 2.75) is 25.7 Å². The van der Waals surface area contributed by atoms with E-state index in [-0.39, 0.29) is 17.6 Å². The van der Waals surface area contributed by atoms with Crippen LogP contribution in [-0.4, -0.2) is 24.0 Å². The Morgan fingerprint density at radius 1 is 0.967 bits per heavy atom. The van der Waals surface area contributed by atoms with E-state index in [0.29, 0.717) is 0 Å². The molecule has 0 unspecified atom stereocenters. The Labute approximate surface area is 176 Å². The lowest BCUT2D eigenvalue weighted by atomic mass is 9.95. The Kier molecular flexibility index (Phi) is 6.38. The Morgan fingerprint density at radius 2 is 1.67 bits per heavy atom. The van der Waals surface area contributed by atoms with E-state index in [1.54, 1.807) is 12.4 Å². The van der Waals surface area contributed by atoms with Gasteiger partial charge in [0.15, 0.2) is 0 Å². The SMILES string of the molecule is O=C(Nc1cccc(CCc2ccc(F)cc2)c1)C1CCN(c2ccncc2)CC1. The van der Waals surface area contributed by atoms with Gasteiger partial charge in [-0.05, 0) is 73.2 Å². The van der Waals surface area contributed by atoms with Crippen molar-refractivity contribution < 1.29 is 9.18 Å². The van der Waals surface area contributed by atoms with Crippen LogP contribution in [-0.2, 0) is 17.6 Å². The molecule has 4 rings (SSSR count). The second-order valence-corrected chi connectivity index (χ2v) is 7.78. The van der Waals surface area contributed by atoms with Gasteiger partial charge in [-0.15, -0.1) is 0 Å². The van der Waals surface area contributed by atoms with Gasteiger partial charge >= 0.3 is 0 Å². The van der Waals surface area contributed by atoms with Gasteiger partial charge in [-0.3, -0.25) is 9.78 Å². The number of carbonyl (C=O) groups is 1. The number of aromatic nitrogens is 1. The van der Waals surface area contributed by atoms with Crippen molar-refractivity contribution in [1.29, 1.82) is 0 Å². The summed E-state index contributed by atoms with van der Waals surface area (Å²) in [7, 11) is 0. The van der Waals surface area contributed by atoms with Crippen LogP contribution in [0.1, 0.15) is 24.0 Å². The summed E-state index contributed by atoms with van der Waals surface area (Å²) in [5, 5.41) is 3.10. The number of rotatable bonds is 6. The van der Waals surface area contributed by atoms with Crippen LogP contribution in [0.25, 0.3) is 0 Å². The topological polar surface area (TPSA) is 45.2 Å². The number of halogens is 1. The van der Waals surface area contributed by atoms with Gasteiger partial charge in [0.25, 0.3) is 0 Å². The molecule has 2 aromatic carbocycles. The largest absolute Gasteiger partial charge is 0.371 e. The molecule has 0 saturated carbocycles. The average molecular weight is 404 g/mol. The predicted octanol–water partition coefficient (Wildman–Crippen LogP) is 4.86. The molecular weight excluding hydrogens is 377 g/mol. The Morgan fingerprint density at radius 3 is 2.40 bits per heavy atom. The molecule has 30 heavy (non-hydrogen) atoms. The fourth-order valence-electron chi connectivity index (χ4n) is 3.94. The van der Waals surface area contributed by atoms with E-state index in [1.807, 2.05) is 42.5 Å². The molecule has 1 aromatic heterocycles. The molecule has 1 aliphatic heterocycles. The summed E-state index contributed by atoms with van der Waals surface area (Å²) < 4.78 is 13.0. The number of pyridine rings is 1. The fourth-order valence-corrected chi connectivity index (χ4v) is 3.94. The highest BCUT2D eigenvalue weighted by Crippen LogP contribution is 2.24. The number of nitrogens with zero attached hydrogens (tertiary/aromatic N) is 2. The van der Waals surface area contributed by atoms with Crippen molar-refractivity contribution in [3.63, 3.8) is 0 Å². The van der Waals surface area contributed by atoms with Crippen LogP contribution in [0.3, 0.4) is 0 Å². The van der Waals surface area contributed by atoms with Crippen LogP contribution in [0, 0.1) is 11.7 Å². The average Bonchev–Trinajstić information content (AvgIpc) is 2.80. The van der Waals surface area contributed by atoms with Crippen molar-refractivity contribution in [2.24, 2.45) is 5.92 Å². The molecule has 3 aromatic rings. The normalized spacial score (nSPS) is 14.5. The number of carbonyl (C=O) groups excluding carboxylic acids is 1. The molecular formula is C25H26FN3O. The Hall–Kier alpha value is -3.21. The summed E-state index contributed by atoms with van der Waals surface area (Å²) in [5.74, 6) is -0.0823. The van der Waals surface area contributed by atoms with Crippen LogP contribution in [0.15, 0.2) is 73.1 Å². The first-order chi connectivity index (χ1) is 14.7. The van der Waals surface area contributed by atoms with E-state index in [4.69, 9.17) is 0 Å². The van der Waals surface area contributed by atoms with Crippen LogP contribution in [0.5, 0.6) is 0 Å². The van der Waals surface area contributed by atoms with Crippen LogP contribution in [0.2, 0.25) is 0 Å². The minimum absolute atomic E-state index is 0.0333. The van der Waals surface area contributed by atoms with E-state index >= 15 is 0 Å². The lowest BCUT2D eigenvalue weighted by molar-refractivity contribution is -0.120. The van der Waals surface area contributed by atoms with Crippen LogP contribution >= 0.6 is 0 Å². The minimum atomic E-state index is -0.213. The maximum atomic E-state index is 13.0. The highest BCUT2D eigenvalue weighted by atomic mass is 19.1. The molecule has 5 heteroatoms. The first-order valence-corrected chi connectivity index (χ1v) is 10.5. The molecule has 0 spiro atoms. The zero-order chi connectivity index (χ0) is 20.8. The number of hydrogen-bond acceptors (Lipinski definition) is 3. The molecule has 2 heterocycles. The first kappa shape index (κ1) is 20.1. The summed E-state index contributed by atoms with van der Waals surface area (Å²) in [4.78, 5) is 19.1. The Balaban J connectivity index is 1.29.